The molecule has 1 saturated carbocycles. The molecule has 3 aromatic heterocycles. The molecule has 0 aromatic carbocycles. The maximum Gasteiger partial charge on any atom is 0.254 e. The second kappa shape index (κ2) is 9.73. The largest absolute Gasteiger partial charge is 0.345 e. The standard InChI is InChI=1S/C25H34N8O2S2/c1-20-3-4-22(27-15-20)25(5-6-25)33-19-26-16-21(33)18-30-9-13-32(14-10-30)37(34,35)23-17-28-24(36-23)31-11-7-29(2)8-12-31/h3-4,15-17,19H,5-14,18H2,1-2H3. The van der Waals surface area contributed by atoms with E-state index in [4.69, 9.17) is 4.98 Å². The van der Waals surface area contributed by atoms with Crippen molar-refractivity contribution in [3.8, 4) is 0 Å². The van der Waals surface area contributed by atoms with Gasteiger partial charge in [0, 0.05) is 71.3 Å². The predicted octanol–water partition coefficient (Wildman–Crippen LogP) is 1.84. The average molecular weight is 543 g/mol. The van der Waals surface area contributed by atoms with Crippen molar-refractivity contribution >= 4 is 26.5 Å². The monoisotopic (exact) mass is 542 g/mol. The first-order valence-corrected chi connectivity index (χ1v) is 15.2. The summed E-state index contributed by atoms with van der Waals surface area (Å²) in [6.45, 7) is 8.80. The van der Waals surface area contributed by atoms with E-state index in [-0.39, 0.29) is 5.54 Å². The highest BCUT2D eigenvalue weighted by molar-refractivity contribution is 7.91. The lowest BCUT2D eigenvalue weighted by molar-refractivity contribution is 0.177. The number of nitrogens with zero attached hydrogens (tertiary/aromatic N) is 8. The second-order valence-electron chi connectivity index (χ2n) is 10.4. The van der Waals surface area contributed by atoms with Crippen LogP contribution in [0.1, 0.15) is 29.8 Å². The van der Waals surface area contributed by atoms with Gasteiger partial charge in [-0.05, 0) is 38.4 Å². The van der Waals surface area contributed by atoms with Crippen LogP contribution in [0.5, 0.6) is 0 Å². The van der Waals surface area contributed by atoms with Crippen molar-refractivity contribution in [2.24, 2.45) is 0 Å². The number of hydrogen-bond acceptors (Lipinski definition) is 9. The molecule has 0 radical (unpaired) electrons. The highest BCUT2D eigenvalue weighted by Crippen LogP contribution is 2.49. The Bertz CT molecular complexity index is 1330. The number of likely N-dealkylation sites (N-methyl/N-ethyl adjacent to an activating group) is 1. The lowest BCUT2D eigenvalue weighted by Crippen LogP contribution is -2.48. The molecule has 0 N–H and O–H groups in total. The number of thiazole rings is 1. The van der Waals surface area contributed by atoms with E-state index in [2.05, 4.69) is 55.3 Å². The number of imidazole rings is 1. The van der Waals surface area contributed by atoms with E-state index in [1.165, 1.54) is 17.5 Å². The summed E-state index contributed by atoms with van der Waals surface area (Å²) < 4.78 is 31.0. The van der Waals surface area contributed by atoms with Gasteiger partial charge in [-0.1, -0.05) is 17.4 Å². The van der Waals surface area contributed by atoms with Gasteiger partial charge in [-0.25, -0.2) is 18.4 Å². The number of rotatable bonds is 7. The van der Waals surface area contributed by atoms with Gasteiger partial charge in [0.15, 0.2) is 9.34 Å². The van der Waals surface area contributed by atoms with Crippen molar-refractivity contribution in [3.05, 3.63) is 54.0 Å². The molecule has 10 nitrogen and oxygen atoms in total. The smallest absolute Gasteiger partial charge is 0.254 e. The fourth-order valence-corrected chi connectivity index (χ4v) is 8.05. The van der Waals surface area contributed by atoms with Crippen molar-refractivity contribution in [3.63, 3.8) is 0 Å². The first-order valence-electron chi connectivity index (χ1n) is 12.9. The van der Waals surface area contributed by atoms with Crippen LogP contribution < -0.4 is 4.90 Å². The second-order valence-corrected chi connectivity index (χ2v) is 13.6. The van der Waals surface area contributed by atoms with E-state index in [1.807, 2.05) is 18.7 Å². The van der Waals surface area contributed by atoms with Crippen LogP contribution in [0.15, 0.2) is 41.3 Å². The number of piperazine rings is 2. The van der Waals surface area contributed by atoms with Crippen LogP contribution in [-0.4, -0.2) is 101 Å². The van der Waals surface area contributed by atoms with E-state index in [9.17, 15) is 8.42 Å². The van der Waals surface area contributed by atoms with Crippen LogP contribution >= 0.6 is 11.3 Å². The van der Waals surface area contributed by atoms with Crippen molar-refractivity contribution in [1.29, 1.82) is 0 Å². The molecule has 12 heteroatoms. The minimum absolute atomic E-state index is 0.0989. The van der Waals surface area contributed by atoms with Gasteiger partial charge in [0.1, 0.15) is 0 Å². The SMILES string of the molecule is Cc1ccc(C2(n3cncc3CN3CCN(S(=O)(=O)c4cnc(N5CCN(C)CC5)s4)CC3)CC2)nc1. The number of hydrogen-bond donors (Lipinski definition) is 0. The van der Waals surface area contributed by atoms with Gasteiger partial charge in [0.25, 0.3) is 10.0 Å². The van der Waals surface area contributed by atoms with Crippen molar-refractivity contribution in [1.82, 2.24) is 33.6 Å². The molecule has 0 unspecified atom stereocenters. The molecule has 3 aromatic rings. The molecule has 0 bridgehead atoms. The Labute approximate surface area is 222 Å². The van der Waals surface area contributed by atoms with Crippen molar-refractivity contribution < 1.29 is 8.42 Å². The number of aromatic nitrogens is 4. The Morgan fingerprint density at radius 3 is 2.38 bits per heavy atom. The summed E-state index contributed by atoms with van der Waals surface area (Å²) in [5.41, 5.74) is 3.30. The Kier molecular flexibility index (Phi) is 6.56. The van der Waals surface area contributed by atoms with Crippen LogP contribution in [-0.2, 0) is 22.1 Å². The topological polar surface area (TPSA) is 90.7 Å². The first-order chi connectivity index (χ1) is 17.8. The third kappa shape index (κ3) is 4.81. The minimum Gasteiger partial charge on any atom is -0.345 e. The molecule has 0 atom stereocenters. The Morgan fingerprint density at radius 2 is 1.70 bits per heavy atom. The number of anilines is 1. The molecule has 2 aliphatic heterocycles. The Hall–Kier alpha value is -2.38. The molecule has 2 saturated heterocycles. The van der Waals surface area contributed by atoms with Gasteiger partial charge in [0.2, 0.25) is 0 Å². The minimum atomic E-state index is -3.54. The van der Waals surface area contributed by atoms with Gasteiger partial charge in [-0.2, -0.15) is 4.31 Å². The normalized spacial score (nSPS) is 21.4. The molecule has 1 aliphatic carbocycles. The molecule has 0 spiro atoms. The van der Waals surface area contributed by atoms with E-state index >= 15 is 0 Å². The van der Waals surface area contributed by atoms with Crippen molar-refractivity contribution in [2.75, 3.05) is 64.3 Å². The molecule has 0 amide bonds. The lowest BCUT2D eigenvalue weighted by Gasteiger charge is -2.34. The van der Waals surface area contributed by atoms with Crippen LogP contribution in [0.2, 0.25) is 0 Å². The molecule has 6 rings (SSSR count). The summed E-state index contributed by atoms with van der Waals surface area (Å²) in [6.07, 6.45) is 9.45. The summed E-state index contributed by atoms with van der Waals surface area (Å²) >= 11 is 1.29. The predicted molar refractivity (Wildman–Crippen MR) is 143 cm³/mol. The Balaban J connectivity index is 1.09. The highest BCUT2D eigenvalue weighted by atomic mass is 32.2. The first kappa shape index (κ1) is 24.9. The molecule has 3 aliphatic rings. The van der Waals surface area contributed by atoms with Crippen LogP contribution in [0.4, 0.5) is 5.13 Å². The van der Waals surface area contributed by atoms with Crippen molar-refractivity contribution in [2.45, 2.75) is 36.1 Å². The van der Waals surface area contributed by atoms with Gasteiger partial charge in [-0.3, -0.25) is 9.88 Å². The third-order valence-electron chi connectivity index (χ3n) is 7.85. The summed E-state index contributed by atoms with van der Waals surface area (Å²) in [7, 11) is -1.43. The highest BCUT2D eigenvalue weighted by Gasteiger charge is 2.48. The fraction of sp³-hybridized carbons (Fsp3) is 0.560. The third-order valence-corrected chi connectivity index (χ3v) is 11.2. The van der Waals surface area contributed by atoms with Gasteiger partial charge in [0.05, 0.1) is 29.5 Å². The summed E-state index contributed by atoms with van der Waals surface area (Å²) in [5, 5.41) is 0.802. The van der Waals surface area contributed by atoms with E-state index in [0.29, 0.717) is 30.4 Å². The van der Waals surface area contributed by atoms with Crippen LogP contribution in [0.25, 0.3) is 0 Å². The molecular formula is C25H34N8O2S2. The van der Waals surface area contributed by atoms with Gasteiger partial charge < -0.3 is 14.4 Å². The number of aryl methyl sites for hydroxylation is 1. The zero-order valence-electron chi connectivity index (χ0n) is 21.5. The molecule has 5 heterocycles. The molecule has 37 heavy (non-hydrogen) atoms. The van der Waals surface area contributed by atoms with E-state index in [1.54, 1.807) is 4.31 Å². The number of sulfonamides is 1. The Morgan fingerprint density at radius 1 is 0.946 bits per heavy atom. The summed E-state index contributed by atoms with van der Waals surface area (Å²) in [6, 6.07) is 4.25. The number of pyridine rings is 1. The average Bonchev–Trinajstić information content (AvgIpc) is 3.30. The quantitative estimate of drug-likeness (QED) is 0.447. The molecule has 3 fully saturated rings. The van der Waals surface area contributed by atoms with Gasteiger partial charge >= 0.3 is 0 Å². The maximum absolute atomic E-state index is 13.4. The summed E-state index contributed by atoms with van der Waals surface area (Å²) in [4.78, 5) is 20.4. The van der Waals surface area contributed by atoms with E-state index < -0.39 is 10.0 Å². The van der Waals surface area contributed by atoms with Gasteiger partial charge in [-0.15, -0.1) is 0 Å². The molecule has 198 valence electrons. The van der Waals surface area contributed by atoms with Crippen LogP contribution in [0.3, 0.4) is 0 Å². The summed E-state index contributed by atoms with van der Waals surface area (Å²) in [5.74, 6) is 0. The fourth-order valence-electron chi connectivity index (χ4n) is 5.30. The maximum atomic E-state index is 13.4. The zero-order chi connectivity index (χ0) is 25.6. The zero-order valence-corrected chi connectivity index (χ0v) is 23.1. The van der Waals surface area contributed by atoms with E-state index in [0.717, 1.165) is 67.6 Å². The molecular weight excluding hydrogens is 508 g/mol. The van der Waals surface area contributed by atoms with Crippen LogP contribution in [0, 0.1) is 6.92 Å². The lowest BCUT2D eigenvalue weighted by atomic mass is 10.1.